The molecule has 1 aliphatic rings. The van der Waals surface area contributed by atoms with E-state index in [4.69, 9.17) is 11.6 Å². The van der Waals surface area contributed by atoms with Gasteiger partial charge in [-0.3, -0.25) is 4.98 Å². The highest BCUT2D eigenvalue weighted by molar-refractivity contribution is 6.33. The number of pyridine rings is 1. The molecule has 32 heavy (non-hydrogen) atoms. The van der Waals surface area contributed by atoms with Gasteiger partial charge in [0.2, 0.25) is 0 Å². The number of nitrogens with one attached hydrogen (secondary N) is 2. The highest BCUT2D eigenvalue weighted by Crippen LogP contribution is 2.44. The summed E-state index contributed by atoms with van der Waals surface area (Å²) in [4.78, 5) is 15.8. The van der Waals surface area contributed by atoms with Crippen molar-refractivity contribution in [1.29, 1.82) is 0 Å². The molecular formula is C25H34ClN3O3. The standard InChI is InChI=1S/C25H34ClN3O3/c1-17(2)18-7-4-8-19(13-18)23-21(15-28-16-22(23)26)25(31,20-9-5-11-27-14-20)10-6-12-29-24(30)32-3/h4,7-8,13,15-17,20,27,31H,5-6,9-12,14H2,1-3H3,(H,29,30)/t20-,25?/m1/s1. The molecule has 0 aliphatic carbocycles. The maximum atomic E-state index is 12.2. The Bertz CT molecular complexity index is 915. The van der Waals surface area contributed by atoms with Crippen molar-refractivity contribution < 1.29 is 14.6 Å². The van der Waals surface area contributed by atoms with Gasteiger partial charge in [-0.15, -0.1) is 0 Å². The molecule has 1 fully saturated rings. The number of hydrogen-bond donors (Lipinski definition) is 3. The number of benzene rings is 1. The highest BCUT2D eigenvalue weighted by atomic mass is 35.5. The molecule has 3 rings (SSSR count). The first kappa shape index (κ1) is 24.5. The Morgan fingerprint density at radius 3 is 2.91 bits per heavy atom. The summed E-state index contributed by atoms with van der Waals surface area (Å²) in [6.45, 7) is 6.41. The van der Waals surface area contributed by atoms with Crippen molar-refractivity contribution in [2.75, 3.05) is 26.7 Å². The number of aromatic nitrogens is 1. The number of methoxy groups -OCH3 is 1. The maximum absolute atomic E-state index is 12.2. The lowest BCUT2D eigenvalue weighted by molar-refractivity contribution is -0.0418. The minimum absolute atomic E-state index is 0.0154. The summed E-state index contributed by atoms with van der Waals surface area (Å²) in [7, 11) is 1.34. The molecule has 0 spiro atoms. The number of carbonyl (C=O) groups is 1. The van der Waals surface area contributed by atoms with Crippen molar-refractivity contribution >= 4 is 17.7 Å². The maximum Gasteiger partial charge on any atom is 0.406 e. The zero-order valence-corrected chi connectivity index (χ0v) is 19.9. The molecule has 0 saturated carbocycles. The van der Waals surface area contributed by atoms with Crippen LogP contribution in [0.3, 0.4) is 0 Å². The Morgan fingerprint density at radius 2 is 2.22 bits per heavy atom. The van der Waals surface area contributed by atoms with E-state index in [0.29, 0.717) is 30.3 Å². The molecule has 1 aromatic carbocycles. The molecule has 0 radical (unpaired) electrons. The van der Waals surface area contributed by atoms with E-state index in [2.05, 4.69) is 46.3 Å². The second-order valence-electron chi connectivity index (χ2n) is 8.81. The van der Waals surface area contributed by atoms with E-state index in [1.807, 2.05) is 12.1 Å². The minimum atomic E-state index is -1.13. The zero-order chi connectivity index (χ0) is 23.1. The molecule has 1 unspecified atom stereocenters. The summed E-state index contributed by atoms with van der Waals surface area (Å²) in [6.07, 6.45) is 5.91. The van der Waals surface area contributed by atoms with Crippen molar-refractivity contribution in [1.82, 2.24) is 15.6 Å². The lowest BCUT2D eigenvalue weighted by Crippen LogP contribution is -2.45. The molecule has 3 N–H and O–H groups in total. The number of ether oxygens (including phenoxy) is 1. The summed E-state index contributed by atoms with van der Waals surface area (Å²) in [5, 5.41) is 18.8. The fourth-order valence-corrected chi connectivity index (χ4v) is 4.82. The van der Waals surface area contributed by atoms with Gasteiger partial charge < -0.3 is 20.5 Å². The summed E-state index contributed by atoms with van der Waals surface area (Å²) >= 11 is 6.70. The molecule has 174 valence electrons. The number of carbonyl (C=O) groups excluding carboxylic acids is 1. The van der Waals surface area contributed by atoms with Crippen LogP contribution in [-0.4, -0.2) is 42.9 Å². The lowest BCUT2D eigenvalue weighted by atomic mass is 9.73. The molecule has 2 heterocycles. The number of amides is 1. The largest absolute Gasteiger partial charge is 0.453 e. The van der Waals surface area contributed by atoms with Gasteiger partial charge in [0.05, 0.1) is 17.7 Å². The Labute approximate surface area is 195 Å². The van der Waals surface area contributed by atoms with Crippen LogP contribution in [0.15, 0.2) is 36.7 Å². The Morgan fingerprint density at radius 1 is 1.41 bits per heavy atom. The van der Waals surface area contributed by atoms with Crippen LogP contribution in [0.1, 0.15) is 56.6 Å². The van der Waals surface area contributed by atoms with Crippen LogP contribution in [0.2, 0.25) is 5.02 Å². The van der Waals surface area contributed by atoms with Crippen LogP contribution in [0.4, 0.5) is 4.79 Å². The number of alkyl carbamates (subject to hydrolysis) is 1. The van der Waals surface area contributed by atoms with Crippen LogP contribution >= 0.6 is 11.6 Å². The second-order valence-corrected chi connectivity index (χ2v) is 9.22. The van der Waals surface area contributed by atoms with E-state index in [9.17, 15) is 9.90 Å². The SMILES string of the molecule is COC(=O)NCCCC(O)(c1cncc(Cl)c1-c1cccc(C(C)C)c1)[C@@H]1CCCNC1. The summed E-state index contributed by atoms with van der Waals surface area (Å²) in [5.74, 6) is 0.395. The monoisotopic (exact) mass is 459 g/mol. The predicted octanol–water partition coefficient (Wildman–Crippen LogP) is 4.85. The number of halogens is 1. The quantitative estimate of drug-likeness (QED) is 0.491. The van der Waals surface area contributed by atoms with E-state index in [0.717, 1.165) is 42.6 Å². The van der Waals surface area contributed by atoms with Crippen molar-refractivity contribution in [2.45, 2.75) is 51.0 Å². The van der Waals surface area contributed by atoms with Gasteiger partial charge in [0, 0.05) is 42.5 Å². The van der Waals surface area contributed by atoms with Gasteiger partial charge in [-0.2, -0.15) is 0 Å². The first-order valence-corrected chi connectivity index (χ1v) is 11.7. The van der Waals surface area contributed by atoms with Crippen LogP contribution in [0, 0.1) is 5.92 Å². The second kappa shape index (κ2) is 11.1. The lowest BCUT2D eigenvalue weighted by Gasteiger charge is -2.40. The molecule has 7 heteroatoms. The van der Waals surface area contributed by atoms with Gasteiger partial charge >= 0.3 is 6.09 Å². The van der Waals surface area contributed by atoms with Crippen LogP contribution in [-0.2, 0) is 10.3 Å². The van der Waals surface area contributed by atoms with Gasteiger partial charge in [0.25, 0.3) is 0 Å². The van der Waals surface area contributed by atoms with Crippen molar-refractivity contribution in [3.05, 3.63) is 52.8 Å². The molecule has 6 nitrogen and oxygen atoms in total. The third-order valence-corrected chi connectivity index (χ3v) is 6.66. The Balaban J connectivity index is 2.01. The molecule has 1 aliphatic heterocycles. The van der Waals surface area contributed by atoms with Gasteiger partial charge in [-0.1, -0.05) is 49.7 Å². The molecule has 1 amide bonds. The van der Waals surface area contributed by atoms with E-state index in [-0.39, 0.29) is 5.92 Å². The minimum Gasteiger partial charge on any atom is -0.453 e. The summed E-state index contributed by atoms with van der Waals surface area (Å²) < 4.78 is 4.66. The number of aliphatic hydroxyl groups is 1. The molecule has 0 bridgehead atoms. The molecule has 2 aromatic rings. The predicted molar refractivity (Wildman–Crippen MR) is 128 cm³/mol. The van der Waals surface area contributed by atoms with E-state index in [1.54, 1.807) is 12.4 Å². The van der Waals surface area contributed by atoms with Gasteiger partial charge in [0.1, 0.15) is 0 Å². The zero-order valence-electron chi connectivity index (χ0n) is 19.2. The molecule has 2 atom stereocenters. The fraction of sp³-hybridized carbons (Fsp3) is 0.520. The third kappa shape index (κ3) is 5.61. The highest BCUT2D eigenvalue weighted by Gasteiger charge is 2.41. The number of hydrogen-bond acceptors (Lipinski definition) is 5. The van der Waals surface area contributed by atoms with E-state index >= 15 is 0 Å². The van der Waals surface area contributed by atoms with Gasteiger partial charge in [-0.05, 0) is 49.3 Å². The summed E-state index contributed by atoms with van der Waals surface area (Å²) in [5.41, 5.74) is 2.64. The van der Waals surface area contributed by atoms with E-state index in [1.165, 1.54) is 12.7 Å². The van der Waals surface area contributed by atoms with Crippen molar-refractivity contribution in [2.24, 2.45) is 5.92 Å². The van der Waals surface area contributed by atoms with Gasteiger partial charge in [-0.25, -0.2) is 4.79 Å². The molecule has 1 aromatic heterocycles. The normalized spacial score (nSPS) is 18.2. The Kier molecular flexibility index (Phi) is 8.51. The van der Waals surface area contributed by atoms with Crippen molar-refractivity contribution in [3.8, 4) is 11.1 Å². The first-order valence-electron chi connectivity index (χ1n) is 11.4. The average Bonchev–Trinajstić information content (AvgIpc) is 2.82. The third-order valence-electron chi connectivity index (χ3n) is 6.37. The van der Waals surface area contributed by atoms with Crippen LogP contribution < -0.4 is 10.6 Å². The summed E-state index contributed by atoms with van der Waals surface area (Å²) in [6, 6.07) is 8.33. The Hall–Kier alpha value is -2.15. The number of nitrogens with zero attached hydrogens (tertiary/aromatic N) is 1. The van der Waals surface area contributed by atoms with Crippen LogP contribution in [0.5, 0.6) is 0 Å². The van der Waals surface area contributed by atoms with Crippen LogP contribution in [0.25, 0.3) is 11.1 Å². The number of rotatable bonds is 8. The fourth-order valence-electron chi connectivity index (χ4n) is 4.55. The van der Waals surface area contributed by atoms with Gasteiger partial charge in [0.15, 0.2) is 0 Å². The average molecular weight is 460 g/mol. The number of piperidine rings is 1. The van der Waals surface area contributed by atoms with Crippen molar-refractivity contribution in [3.63, 3.8) is 0 Å². The topological polar surface area (TPSA) is 83.5 Å². The first-order chi connectivity index (χ1) is 15.4. The molecular weight excluding hydrogens is 426 g/mol. The smallest absolute Gasteiger partial charge is 0.406 e. The molecule has 1 saturated heterocycles. The van der Waals surface area contributed by atoms with E-state index < -0.39 is 11.7 Å².